The average molecular weight is 264 g/mol. The Morgan fingerprint density at radius 3 is 2.59 bits per heavy atom. The van der Waals surface area contributed by atoms with E-state index in [1.807, 2.05) is 6.92 Å². The fraction of sp³-hybridized carbons (Fsp3) is 0.455. The normalized spacial score (nSPS) is 12.8. The molecule has 1 unspecified atom stereocenters. The van der Waals surface area contributed by atoms with E-state index in [0.29, 0.717) is 5.75 Å². The Hall–Kier alpha value is -0.720. The van der Waals surface area contributed by atoms with Crippen LogP contribution in [0.25, 0.3) is 0 Å². The fourth-order valence-corrected chi connectivity index (χ4v) is 2.35. The fourth-order valence-electron chi connectivity index (χ4n) is 1.38. The summed E-state index contributed by atoms with van der Waals surface area (Å²) in [5.74, 6) is 2.89. The molecule has 1 aromatic rings. The van der Waals surface area contributed by atoms with Crippen molar-refractivity contribution in [1.29, 1.82) is 0 Å². The van der Waals surface area contributed by atoms with Gasteiger partial charge >= 0.3 is 0 Å². The van der Waals surface area contributed by atoms with Crippen molar-refractivity contribution >= 4 is 11.8 Å². The van der Waals surface area contributed by atoms with Gasteiger partial charge in [0.2, 0.25) is 0 Å². The van der Waals surface area contributed by atoms with Gasteiger partial charge in [0.25, 0.3) is 0 Å². The number of rotatable bonds is 6. The molecule has 1 aromatic carbocycles. The maximum absolute atomic E-state index is 13.5. The van der Waals surface area contributed by atoms with Gasteiger partial charge in [0.15, 0.2) is 17.5 Å². The Kier molecular flexibility index (Phi) is 5.80. The molecule has 96 valence electrons. The van der Waals surface area contributed by atoms with Crippen molar-refractivity contribution in [3.05, 3.63) is 35.1 Å². The highest BCUT2D eigenvalue weighted by molar-refractivity contribution is 7.99. The van der Waals surface area contributed by atoms with Crippen LogP contribution in [0, 0.1) is 17.5 Å². The minimum Gasteiger partial charge on any atom is -0.271 e. The second-order valence-electron chi connectivity index (χ2n) is 3.56. The quantitative estimate of drug-likeness (QED) is 0.359. The highest BCUT2D eigenvalue weighted by atomic mass is 32.2. The van der Waals surface area contributed by atoms with Crippen LogP contribution in [0.4, 0.5) is 13.2 Å². The van der Waals surface area contributed by atoms with Gasteiger partial charge < -0.3 is 0 Å². The van der Waals surface area contributed by atoms with Gasteiger partial charge in [-0.25, -0.2) is 13.2 Å². The first-order valence-electron chi connectivity index (χ1n) is 5.29. The summed E-state index contributed by atoms with van der Waals surface area (Å²) in [5, 5.41) is 0. The Morgan fingerprint density at radius 2 is 2.00 bits per heavy atom. The highest BCUT2D eigenvalue weighted by Crippen LogP contribution is 2.24. The molecule has 0 aliphatic carbocycles. The maximum Gasteiger partial charge on any atom is 0.194 e. The predicted molar refractivity (Wildman–Crippen MR) is 64.0 cm³/mol. The summed E-state index contributed by atoms with van der Waals surface area (Å²) in [4.78, 5) is 0. The Labute approximate surface area is 103 Å². The van der Waals surface area contributed by atoms with E-state index in [1.165, 1.54) is 6.07 Å². The maximum atomic E-state index is 13.5. The SMILES string of the molecule is CCCSCC(NN)c1ccc(F)c(F)c1F. The van der Waals surface area contributed by atoms with Crippen LogP contribution in [0.1, 0.15) is 24.9 Å². The summed E-state index contributed by atoms with van der Waals surface area (Å²) in [6, 6.07) is 1.59. The molecule has 0 spiro atoms. The van der Waals surface area contributed by atoms with Gasteiger partial charge in [-0.2, -0.15) is 11.8 Å². The molecule has 6 heteroatoms. The molecule has 17 heavy (non-hydrogen) atoms. The molecule has 0 fully saturated rings. The predicted octanol–water partition coefficient (Wildman–Crippen LogP) is 2.75. The van der Waals surface area contributed by atoms with Gasteiger partial charge in [0.05, 0.1) is 6.04 Å². The van der Waals surface area contributed by atoms with Gasteiger partial charge in [-0.1, -0.05) is 13.0 Å². The highest BCUT2D eigenvalue weighted by Gasteiger charge is 2.19. The molecule has 2 nitrogen and oxygen atoms in total. The number of nitrogens with two attached hydrogens (primary N) is 1. The molecule has 3 N–H and O–H groups in total. The lowest BCUT2D eigenvalue weighted by Gasteiger charge is -2.16. The molecule has 0 saturated carbocycles. The first kappa shape index (κ1) is 14.3. The van der Waals surface area contributed by atoms with Crippen molar-refractivity contribution in [1.82, 2.24) is 5.43 Å². The molecule has 0 aliphatic rings. The molecule has 0 saturated heterocycles. The zero-order chi connectivity index (χ0) is 12.8. The number of benzene rings is 1. The molecule has 1 rings (SSSR count). The van der Waals surface area contributed by atoms with E-state index in [0.717, 1.165) is 18.2 Å². The smallest absolute Gasteiger partial charge is 0.194 e. The minimum absolute atomic E-state index is 0.0509. The van der Waals surface area contributed by atoms with Crippen molar-refractivity contribution in [2.24, 2.45) is 5.84 Å². The lowest BCUT2D eigenvalue weighted by molar-refractivity contribution is 0.431. The summed E-state index contributed by atoms with van der Waals surface area (Å²) < 4.78 is 39.3. The second kappa shape index (κ2) is 6.88. The van der Waals surface area contributed by atoms with Crippen molar-refractivity contribution in [3.63, 3.8) is 0 Å². The van der Waals surface area contributed by atoms with Crippen molar-refractivity contribution in [2.75, 3.05) is 11.5 Å². The van der Waals surface area contributed by atoms with E-state index in [9.17, 15) is 13.2 Å². The van der Waals surface area contributed by atoms with E-state index in [4.69, 9.17) is 5.84 Å². The van der Waals surface area contributed by atoms with Gasteiger partial charge in [-0.3, -0.25) is 11.3 Å². The lowest BCUT2D eigenvalue weighted by atomic mass is 10.1. The zero-order valence-corrected chi connectivity index (χ0v) is 10.3. The van der Waals surface area contributed by atoms with E-state index in [2.05, 4.69) is 5.43 Å². The van der Waals surface area contributed by atoms with Crippen molar-refractivity contribution in [3.8, 4) is 0 Å². The topological polar surface area (TPSA) is 38.0 Å². The third-order valence-electron chi connectivity index (χ3n) is 2.27. The van der Waals surface area contributed by atoms with Gasteiger partial charge in [0, 0.05) is 11.3 Å². The van der Waals surface area contributed by atoms with E-state index < -0.39 is 23.5 Å². The van der Waals surface area contributed by atoms with E-state index >= 15 is 0 Å². The first-order chi connectivity index (χ1) is 8.11. The van der Waals surface area contributed by atoms with Crippen LogP contribution in [0.15, 0.2) is 12.1 Å². The lowest BCUT2D eigenvalue weighted by Crippen LogP contribution is -2.30. The minimum atomic E-state index is -1.46. The molecule has 0 aromatic heterocycles. The molecule has 1 atom stereocenters. The monoisotopic (exact) mass is 264 g/mol. The largest absolute Gasteiger partial charge is 0.271 e. The molecule has 0 bridgehead atoms. The number of hydrogen-bond acceptors (Lipinski definition) is 3. The summed E-state index contributed by atoms with van der Waals surface area (Å²) in [6.07, 6.45) is 0.988. The summed E-state index contributed by atoms with van der Waals surface area (Å²) >= 11 is 1.57. The van der Waals surface area contributed by atoms with Crippen molar-refractivity contribution in [2.45, 2.75) is 19.4 Å². The number of hydrazine groups is 1. The number of halogens is 3. The van der Waals surface area contributed by atoms with E-state index in [-0.39, 0.29) is 5.56 Å². The van der Waals surface area contributed by atoms with Crippen LogP contribution in [0.5, 0.6) is 0 Å². The molecule has 0 heterocycles. The number of nitrogens with one attached hydrogen (secondary N) is 1. The third-order valence-corrected chi connectivity index (χ3v) is 3.54. The summed E-state index contributed by atoms with van der Waals surface area (Å²) in [6.45, 7) is 2.02. The molecule has 0 aliphatic heterocycles. The first-order valence-corrected chi connectivity index (χ1v) is 6.44. The number of hydrogen-bond donors (Lipinski definition) is 2. The molecule has 0 radical (unpaired) electrons. The average Bonchev–Trinajstić information content (AvgIpc) is 2.33. The van der Waals surface area contributed by atoms with Crippen LogP contribution < -0.4 is 11.3 Å². The van der Waals surface area contributed by atoms with Gasteiger partial charge in [0.1, 0.15) is 0 Å². The molecule has 0 amide bonds. The molecular formula is C11H15F3N2S. The van der Waals surface area contributed by atoms with Gasteiger partial charge in [-0.15, -0.1) is 0 Å². The standard InChI is InChI=1S/C11H15F3N2S/c1-2-5-17-6-9(16-15)7-3-4-8(12)11(14)10(7)13/h3-4,9,16H,2,5-6,15H2,1H3. The van der Waals surface area contributed by atoms with Crippen molar-refractivity contribution < 1.29 is 13.2 Å². The van der Waals surface area contributed by atoms with Crippen LogP contribution in [-0.4, -0.2) is 11.5 Å². The van der Waals surface area contributed by atoms with Gasteiger partial charge in [-0.05, 0) is 18.2 Å². The van der Waals surface area contributed by atoms with Crippen LogP contribution >= 0.6 is 11.8 Å². The van der Waals surface area contributed by atoms with Crippen LogP contribution in [-0.2, 0) is 0 Å². The Balaban J connectivity index is 2.85. The summed E-state index contributed by atoms with van der Waals surface area (Å²) in [5.41, 5.74) is 2.47. The zero-order valence-electron chi connectivity index (χ0n) is 9.47. The van der Waals surface area contributed by atoms with E-state index in [1.54, 1.807) is 11.8 Å². The second-order valence-corrected chi connectivity index (χ2v) is 4.71. The Morgan fingerprint density at radius 1 is 1.29 bits per heavy atom. The molecular weight excluding hydrogens is 249 g/mol. The summed E-state index contributed by atoms with van der Waals surface area (Å²) in [7, 11) is 0. The Bertz CT molecular complexity index is 374. The van der Waals surface area contributed by atoms with Crippen LogP contribution in [0.2, 0.25) is 0 Å². The number of thioether (sulfide) groups is 1. The third kappa shape index (κ3) is 3.62. The van der Waals surface area contributed by atoms with Crippen LogP contribution in [0.3, 0.4) is 0 Å².